The van der Waals surface area contributed by atoms with Gasteiger partial charge in [0.25, 0.3) is 5.69 Å². The molecular formula is C15H18N2O4. The summed E-state index contributed by atoms with van der Waals surface area (Å²) in [4.78, 5) is 24.2. The molecule has 1 aromatic carbocycles. The number of nitro benzene ring substituents is 1. The first-order valence-electron chi connectivity index (χ1n) is 7.27. The van der Waals surface area contributed by atoms with Gasteiger partial charge in [-0.15, -0.1) is 0 Å². The smallest absolute Gasteiger partial charge is 0.321 e. The average molecular weight is 290 g/mol. The summed E-state index contributed by atoms with van der Waals surface area (Å²) < 4.78 is 0. The van der Waals surface area contributed by atoms with Crippen molar-refractivity contribution in [3.05, 3.63) is 39.9 Å². The minimum atomic E-state index is -0.803. The highest BCUT2D eigenvalue weighted by molar-refractivity contribution is 5.74. The number of nitro groups is 1. The van der Waals surface area contributed by atoms with Gasteiger partial charge in [0.2, 0.25) is 0 Å². The van der Waals surface area contributed by atoms with E-state index in [1.54, 1.807) is 18.2 Å². The third-order valence-corrected chi connectivity index (χ3v) is 4.80. The molecule has 6 heteroatoms. The Labute approximate surface area is 122 Å². The fourth-order valence-electron chi connectivity index (χ4n) is 3.94. The van der Waals surface area contributed by atoms with E-state index in [1.807, 2.05) is 4.90 Å². The van der Waals surface area contributed by atoms with Crippen LogP contribution in [0.5, 0.6) is 0 Å². The standard InChI is InChI=1S/C15H18N2O4/c18-15(19)14-12-6-3-5-10(12)8-16(14)9-11-4-1-2-7-13(11)17(20)21/h1-2,4,7,10,12,14H,3,5-6,8-9H2,(H,18,19). The highest BCUT2D eigenvalue weighted by Crippen LogP contribution is 2.43. The molecule has 1 saturated heterocycles. The largest absolute Gasteiger partial charge is 0.480 e. The molecule has 1 aliphatic heterocycles. The molecule has 21 heavy (non-hydrogen) atoms. The highest BCUT2D eigenvalue weighted by atomic mass is 16.6. The fraction of sp³-hybridized carbons (Fsp3) is 0.533. The summed E-state index contributed by atoms with van der Waals surface area (Å²) in [6.45, 7) is 1.06. The molecule has 6 nitrogen and oxygen atoms in total. The molecule has 2 fully saturated rings. The minimum Gasteiger partial charge on any atom is -0.480 e. The third kappa shape index (κ3) is 2.51. The first-order valence-corrected chi connectivity index (χ1v) is 7.27. The number of para-hydroxylation sites is 1. The van der Waals surface area contributed by atoms with E-state index in [9.17, 15) is 20.0 Å². The predicted molar refractivity (Wildman–Crippen MR) is 75.8 cm³/mol. The number of aliphatic carboxylic acids is 1. The zero-order valence-electron chi connectivity index (χ0n) is 11.6. The number of hydrogen-bond acceptors (Lipinski definition) is 4. The summed E-state index contributed by atoms with van der Waals surface area (Å²) in [5, 5.41) is 20.6. The fourth-order valence-corrected chi connectivity index (χ4v) is 3.94. The van der Waals surface area contributed by atoms with Crippen LogP contribution in [0.1, 0.15) is 24.8 Å². The van der Waals surface area contributed by atoms with Crippen molar-refractivity contribution < 1.29 is 14.8 Å². The van der Waals surface area contributed by atoms with E-state index in [4.69, 9.17) is 0 Å². The summed E-state index contributed by atoms with van der Waals surface area (Å²) in [7, 11) is 0. The lowest BCUT2D eigenvalue weighted by molar-refractivity contribution is -0.385. The van der Waals surface area contributed by atoms with Gasteiger partial charge >= 0.3 is 5.97 Å². The lowest BCUT2D eigenvalue weighted by Crippen LogP contribution is -2.39. The number of carboxylic acid groups (broad SMARTS) is 1. The Hall–Kier alpha value is -1.95. The van der Waals surface area contributed by atoms with Crippen molar-refractivity contribution in [2.75, 3.05) is 6.54 Å². The number of carboxylic acids is 1. The quantitative estimate of drug-likeness (QED) is 0.679. The molecular weight excluding hydrogens is 272 g/mol. The second-order valence-electron chi connectivity index (χ2n) is 5.95. The van der Waals surface area contributed by atoms with E-state index >= 15 is 0 Å². The van der Waals surface area contributed by atoms with Crippen molar-refractivity contribution >= 4 is 11.7 Å². The van der Waals surface area contributed by atoms with Crippen molar-refractivity contribution in [1.29, 1.82) is 0 Å². The van der Waals surface area contributed by atoms with Gasteiger partial charge in [0.05, 0.1) is 4.92 Å². The zero-order chi connectivity index (χ0) is 15.0. The monoisotopic (exact) mass is 290 g/mol. The zero-order valence-corrected chi connectivity index (χ0v) is 11.6. The predicted octanol–water partition coefficient (Wildman–Crippen LogP) is 2.28. The first kappa shape index (κ1) is 14.0. The van der Waals surface area contributed by atoms with Crippen LogP contribution in [0.4, 0.5) is 5.69 Å². The van der Waals surface area contributed by atoms with Gasteiger partial charge in [-0.3, -0.25) is 19.8 Å². The van der Waals surface area contributed by atoms with Crippen LogP contribution in [0.15, 0.2) is 24.3 Å². The van der Waals surface area contributed by atoms with Crippen LogP contribution in [-0.4, -0.2) is 33.5 Å². The van der Waals surface area contributed by atoms with Crippen LogP contribution >= 0.6 is 0 Å². The topological polar surface area (TPSA) is 83.7 Å². The van der Waals surface area contributed by atoms with E-state index < -0.39 is 16.9 Å². The molecule has 1 aromatic rings. The molecule has 2 aliphatic rings. The van der Waals surface area contributed by atoms with Crippen LogP contribution in [0, 0.1) is 22.0 Å². The molecule has 112 valence electrons. The van der Waals surface area contributed by atoms with E-state index in [-0.39, 0.29) is 11.6 Å². The van der Waals surface area contributed by atoms with Gasteiger partial charge in [-0.25, -0.2) is 0 Å². The lowest BCUT2D eigenvalue weighted by atomic mass is 9.94. The second kappa shape index (κ2) is 5.44. The van der Waals surface area contributed by atoms with Crippen LogP contribution in [0.25, 0.3) is 0 Å². The number of benzene rings is 1. The second-order valence-corrected chi connectivity index (χ2v) is 5.95. The molecule has 3 unspecified atom stereocenters. The number of nitrogens with zero attached hydrogens (tertiary/aromatic N) is 2. The van der Waals surface area contributed by atoms with Crippen LogP contribution in [0.3, 0.4) is 0 Å². The Kier molecular flexibility index (Phi) is 3.63. The molecule has 0 amide bonds. The van der Waals surface area contributed by atoms with Gasteiger partial charge in [0, 0.05) is 24.7 Å². The molecule has 1 aliphatic carbocycles. The van der Waals surface area contributed by atoms with E-state index in [1.165, 1.54) is 6.07 Å². The summed E-state index contributed by atoms with van der Waals surface area (Å²) in [6, 6.07) is 6.08. The molecule has 1 heterocycles. The molecule has 3 rings (SSSR count). The van der Waals surface area contributed by atoms with Gasteiger partial charge in [-0.05, 0) is 24.7 Å². The average Bonchev–Trinajstić information content (AvgIpc) is 2.98. The van der Waals surface area contributed by atoms with Crippen molar-refractivity contribution in [2.45, 2.75) is 31.8 Å². The van der Waals surface area contributed by atoms with Crippen molar-refractivity contribution in [3.63, 3.8) is 0 Å². The van der Waals surface area contributed by atoms with Crippen molar-refractivity contribution in [3.8, 4) is 0 Å². The van der Waals surface area contributed by atoms with Gasteiger partial charge in [-0.1, -0.05) is 24.6 Å². The van der Waals surface area contributed by atoms with Gasteiger partial charge in [0.1, 0.15) is 6.04 Å². The Bertz CT molecular complexity index is 575. The molecule has 0 spiro atoms. The number of fused-ring (bicyclic) bond motifs is 1. The van der Waals surface area contributed by atoms with Gasteiger partial charge < -0.3 is 5.11 Å². The van der Waals surface area contributed by atoms with Crippen LogP contribution < -0.4 is 0 Å². The number of likely N-dealkylation sites (tertiary alicyclic amines) is 1. The maximum Gasteiger partial charge on any atom is 0.321 e. The van der Waals surface area contributed by atoms with E-state index in [2.05, 4.69) is 0 Å². The maximum atomic E-state index is 11.6. The summed E-state index contributed by atoms with van der Waals surface area (Å²) in [5.41, 5.74) is 0.660. The van der Waals surface area contributed by atoms with E-state index in [0.717, 1.165) is 25.8 Å². The summed E-state index contributed by atoms with van der Waals surface area (Å²) in [6.07, 6.45) is 3.12. The Balaban J connectivity index is 1.84. The van der Waals surface area contributed by atoms with Crippen LogP contribution in [0.2, 0.25) is 0 Å². The minimum absolute atomic E-state index is 0.0682. The summed E-state index contributed by atoms with van der Waals surface area (Å²) >= 11 is 0. The maximum absolute atomic E-state index is 11.6. The molecule has 3 atom stereocenters. The molecule has 0 radical (unpaired) electrons. The number of hydrogen-bond donors (Lipinski definition) is 1. The van der Waals surface area contributed by atoms with Crippen molar-refractivity contribution in [2.24, 2.45) is 11.8 Å². The normalized spacial score (nSPS) is 28.5. The van der Waals surface area contributed by atoms with Gasteiger partial charge in [0.15, 0.2) is 0 Å². The SMILES string of the molecule is O=C(O)C1C2CCCC2CN1Cc1ccccc1[N+](=O)[O-]. The summed E-state index contributed by atoms with van der Waals surface area (Å²) in [5.74, 6) is -0.179. The Morgan fingerprint density at radius 2 is 2.14 bits per heavy atom. The Morgan fingerprint density at radius 3 is 2.86 bits per heavy atom. The molecule has 1 saturated carbocycles. The lowest BCUT2D eigenvalue weighted by Gasteiger charge is -2.24. The molecule has 0 bridgehead atoms. The van der Waals surface area contributed by atoms with Gasteiger partial charge in [-0.2, -0.15) is 0 Å². The third-order valence-electron chi connectivity index (χ3n) is 4.80. The first-order chi connectivity index (χ1) is 10.1. The number of rotatable bonds is 4. The number of carbonyl (C=O) groups is 1. The molecule has 1 N–H and O–H groups in total. The molecule has 0 aromatic heterocycles. The Morgan fingerprint density at radius 1 is 1.38 bits per heavy atom. The highest BCUT2D eigenvalue weighted by Gasteiger charge is 2.47. The van der Waals surface area contributed by atoms with Crippen LogP contribution in [-0.2, 0) is 11.3 Å². The van der Waals surface area contributed by atoms with E-state index in [0.29, 0.717) is 18.0 Å². The van der Waals surface area contributed by atoms with Crippen molar-refractivity contribution in [1.82, 2.24) is 4.90 Å².